The largest absolute Gasteiger partial charge is 0.456 e. The monoisotopic (exact) mass is 726 g/mol. The Morgan fingerprint density at radius 2 is 0.825 bits per heavy atom. The van der Waals surface area contributed by atoms with E-state index in [4.69, 9.17) is 4.42 Å². The molecule has 57 heavy (non-hydrogen) atoms. The average Bonchev–Trinajstić information content (AvgIpc) is 3.94. The molecule has 3 nitrogen and oxygen atoms in total. The predicted molar refractivity (Wildman–Crippen MR) is 239 cm³/mol. The number of aromatic nitrogens is 2. The van der Waals surface area contributed by atoms with Crippen LogP contribution in [0.1, 0.15) is 0 Å². The molecule has 3 aromatic heterocycles. The van der Waals surface area contributed by atoms with Gasteiger partial charge in [-0.25, -0.2) is 0 Å². The summed E-state index contributed by atoms with van der Waals surface area (Å²) >= 11 is 0. The molecular formula is C54H34N2O. The Hall–Kier alpha value is -7.62. The first-order valence-electron chi connectivity index (χ1n) is 19.5. The molecule has 0 spiro atoms. The molecule has 0 radical (unpaired) electrons. The minimum atomic E-state index is 0.875. The number of furan rings is 1. The SMILES string of the molecule is c1ccc(-c2cccc(-c3cccc4oc5cc(-n6c7ccccc7c7cc(-c8ccc9c(c8)c8ccccc8n9-c8ccccc8)ccc76)ccc5c34)c2)cc1. The molecule has 9 aromatic carbocycles. The van der Waals surface area contributed by atoms with E-state index in [9.17, 15) is 0 Å². The van der Waals surface area contributed by atoms with Crippen LogP contribution >= 0.6 is 0 Å². The standard InChI is InChI=1S/C54H34N2O/c1-3-13-35(14-4-1)36-15-11-16-39(31-36)42-21-12-24-52-54(42)45-28-27-41(34-53(45)57-52)56-49-23-10-8-20-44(49)47-33-38(26-30-51(47)56)37-25-29-50-46(32-37)43-19-7-9-22-48(43)55(50)40-17-5-2-6-18-40/h1-34H. The van der Waals surface area contributed by atoms with Crippen LogP contribution in [-0.2, 0) is 0 Å². The highest BCUT2D eigenvalue weighted by Crippen LogP contribution is 2.41. The van der Waals surface area contributed by atoms with Gasteiger partial charge < -0.3 is 13.6 Å². The van der Waals surface area contributed by atoms with Gasteiger partial charge >= 0.3 is 0 Å². The van der Waals surface area contributed by atoms with Gasteiger partial charge in [0.1, 0.15) is 11.2 Å². The van der Waals surface area contributed by atoms with Crippen molar-refractivity contribution in [1.29, 1.82) is 0 Å². The molecule has 0 fully saturated rings. The van der Waals surface area contributed by atoms with E-state index in [2.05, 4.69) is 215 Å². The molecule has 3 heteroatoms. The first-order valence-corrected chi connectivity index (χ1v) is 19.5. The molecule has 0 aliphatic rings. The van der Waals surface area contributed by atoms with E-state index in [0.717, 1.165) is 33.1 Å². The fraction of sp³-hybridized carbons (Fsp3) is 0. The second-order valence-electron chi connectivity index (χ2n) is 14.9. The fourth-order valence-corrected chi connectivity index (χ4v) is 9.13. The maximum absolute atomic E-state index is 6.65. The molecule has 0 aliphatic carbocycles. The molecule has 0 N–H and O–H groups in total. The van der Waals surface area contributed by atoms with Gasteiger partial charge in [0, 0.05) is 49.8 Å². The highest BCUT2D eigenvalue weighted by Gasteiger charge is 2.18. The Morgan fingerprint density at radius 1 is 0.281 bits per heavy atom. The molecular weight excluding hydrogens is 693 g/mol. The normalized spacial score (nSPS) is 11.9. The second kappa shape index (κ2) is 12.5. The van der Waals surface area contributed by atoms with Crippen molar-refractivity contribution < 1.29 is 4.42 Å². The van der Waals surface area contributed by atoms with E-state index >= 15 is 0 Å². The van der Waals surface area contributed by atoms with E-state index in [0.29, 0.717) is 0 Å². The lowest BCUT2D eigenvalue weighted by molar-refractivity contribution is 0.668. The van der Waals surface area contributed by atoms with Crippen LogP contribution in [0.2, 0.25) is 0 Å². The van der Waals surface area contributed by atoms with Gasteiger partial charge in [-0.1, -0.05) is 127 Å². The Labute approximate surface area is 328 Å². The highest BCUT2D eigenvalue weighted by molar-refractivity contribution is 6.15. The molecule has 0 amide bonds. The maximum atomic E-state index is 6.65. The zero-order valence-corrected chi connectivity index (χ0v) is 30.9. The van der Waals surface area contributed by atoms with E-state index in [1.807, 2.05) is 0 Å². The van der Waals surface area contributed by atoms with Crippen LogP contribution < -0.4 is 0 Å². The van der Waals surface area contributed by atoms with Crippen molar-refractivity contribution >= 4 is 65.6 Å². The Bertz CT molecular complexity index is 3510. The molecule has 0 saturated carbocycles. The van der Waals surface area contributed by atoms with Gasteiger partial charge in [-0.3, -0.25) is 0 Å². The van der Waals surface area contributed by atoms with Gasteiger partial charge in [-0.15, -0.1) is 0 Å². The summed E-state index contributed by atoms with van der Waals surface area (Å²) in [7, 11) is 0. The number of benzene rings is 9. The van der Waals surface area contributed by atoms with E-state index in [1.54, 1.807) is 0 Å². The lowest BCUT2D eigenvalue weighted by Gasteiger charge is -2.10. The highest BCUT2D eigenvalue weighted by atomic mass is 16.3. The molecule has 266 valence electrons. The Balaban J connectivity index is 0.986. The summed E-state index contributed by atoms with van der Waals surface area (Å²) in [4.78, 5) is 0. The first kappa shape index (κ1) is 31.7. The van der Waals surface area contributed by atoms with Gasteiger partial charge in [0.2, 0.25) is 0 Å². The second-order valence-corrected chi connectivity index (χ2v) is 14.9. The van der Waals surface area contributed by atoms with Crippen LogP contribution in [-0.4, -0.2) is 9.13 Å². The predicted octanol–water partition coefficient (Wildman–Crippen LogP) is 14.8. The molecule has 12 rings (SSSR count). The molecule has 12 aromatic rings. The van der Waals surface area contributed by atoms with Crippen molar-refractivity contribution in [2.45, 2.75) is 0 Å². The summed E-state index contributed by atoms with van der Waals surface area (Å²) in [6.45, 7) is 0. The summed E-state index contributed by atoms with van der Waals surface area (Å²) in [5, 5.41) is 7.20. The molecule has 0 atom stereocenters. The van der Waals surface area contributed by atoms with Crippen LogP contribution in [0.25, 0.3) is 110 Å². The minimum absolute atomic E-state index is 0.875. The number of hydrogen-bond acceptors (Lipinski definition) is 1. The molecule has 0 aliphatic heterocycles. The van der Waals surface area contributed by atoms with Crippen LogP contribution in [0.3, 0.4) is 0 Å². The van der Waals surface area contributed by atoms with Crippen molar-refractivity contribution in [3.05, 3.63) is 206 Å². The van der Waals surface area contributed by atoms with E-state index < -0.39 is 0 Å². The summed E-state index contributed by atoms with van der Waals surface area (Å²) < 4.78 is 11.4. The van der Waals surface area contributed by atoms with Crippen molar-refractivity contribution in [3.63, 3.8) is 0 Å². The van der Waals surface area contributed by atoms with Gasteiger partial charge in [0.25, 0.3) is 0 Å². The van der Waals surface area contributed by atoms with Crippen molar-refractivity contribution in [2.24, 2.45) is 0 Å². The lowest BCUT2D eigenvalue weighted by Crippen LogP contribution is -1.93. The Morgan fingerprint density at radius 3 is 1.53 bits per heavy atom. The summed E-state index contributed by atoms with van der Waals surface area (Å²) in [6.07, 6.45) is 0. The number of hydrogen-bond donors (Lipinski definition) is 0. The smallest absolute Gasteiger partial charge is 0.137 e. The molecule has 0 unspecified atom stereocenters. The van der Waals surface area contributed by atoms with Gasteiger partial charge in [-0.2, -0.15) is 0 Å². The quantitative estimate of drug-likeness (QED) is 0.173. The summed E-state index contributed by atoms with van der Waals surface area (Å²) in [6, 6.07) is 74.3. The fourth-order valence-electron chi connectivity index (χ4n) is 9.13. The molecule has 3 heterocycles. The van der Waals surface area contributed by atoms with Crippen LogP contribution in [0.15, 0.2) is 211 Å². The van der Waals surface area contributed by atoms with Crippen LogP contribution in [0.4, 0.5) is 0 Å². The molecule has 0 bridgehead atoms. The summed E-state index contributed by atoms with van der Waals surface area (Å²) in [5.74, 6) is 0. The van der Waals surface area contributed by atoms with Crippen molar-refractivity contribution in [2.75, 3.05) is 0 Å². The topological polar surface area (TPSA) is 23.0 Å². The number of fused-ring (bicyclic) bond motifs is 9. The molecule has 0 saturated heterocycles. The number of rotatable bonds is 5. The van der Waals surface area contributed by atoms with Crippen LogP contribution in [0, 0.1) is 0 Å². The summed E-state index contributed by atoms with van der Waals surface area (Å²) in [5.41, 5.74) is 15.9. The average molecular weight is 727 g/mol. The van der Waals surface area contributed by atoms with E-state index in [1.165, 1.54) is 77.2 Å². The van der Waals surface area contributed by atoms with E-state index in [-0.39, 0.29) is 0 Å². The van der Waals surface area contributed by atoms with Crippen molar-refractivity contribution in [3.8, 4) is 44.8 Å². The maximum Gasteiger partial charge on any atom is 0.137 e. The van der Waals surface area contributed by atoms with Gasteiger partial charge in [0.15, 0.2) is 0 Å². The Kier molecular flexibility index (Phi) is 6.93. The van der Waals surface area contributed by atoms with Gasteiger partial charge in [0.05, 0.1) is 22.1 Å². The van der Waals surface area contributed by atoms with Crippen molar-refractivity contribution in [1.82, 2.24) is 9.13 Å². The first-order chi connectivity index (χ1) is 28.3. The number of para-hydroxylation sites is 3. The lowest BCUT2D eigenvalue weighted by atomic mass is 9.96. The third-order valence-corrected chi connectivity index (χ3v) is 11.7. The zero-order valence-electron chi connectivity index (χ0n) is 30.9. The van der Waals surface area contributed by atoms with Gasteiger partial charge in [-0.05, 0) is 106 Å². The zero-order chi connectivity index (χ0) is 37.5. The third kappa shape index (κ3) is 4.92. The third-order valence-electron chi connectivity index (χ3n) is 11.7. The minimum Gasteiger partial charge on any atom is -0.456 e. The number of nitrogens with zero attached hydrogens (tertiary/aromatic N) is 2. The van der Waals surface area contributed by atoms with Crippen LogP contribution in [0.5, 0.6) is 0 Å².